The molecule has 1 unspecified atom stereocenters. The van der Waals surface area contributed by atoms with Crippen molar-refractivity contribution in [2.45, 2.75) is 161 Å². The number of unbranched alkanes of at least 4 members (excludes halogenated alkanes) is 17. The van der Waals surface area contributed by atoms with Crippen molar-refractivity contribution >= 4 is 5.97 Å². The number of nitroso groups, excluding NO2 is 1. The molecule has 0 amide bonds. The molecule has 32 heavy (non-hydrogen) atoms. The Morgan fingerprint density at radius 1 is 0.656 bits per heavy atom. The summed E-state index contributed by atoms with van der Waals surface area (Å²) in [5, 5.41) is 12.0. The molecule has 1 atom stereocenters. The minimum atomic E-state index is -0.675. The lowest BCUT2D eigenvalue weighted by Gasteiger charge is -2.09. The summed E-state index contributed by atoms with van der Waals surface area (Å²) in [4.78, 5) is 21.5. The second-order valence-electron chi connectivity index (χ2n) is 9.54. The van der Waals surface area contributed by atoms with Crippen molar-refractivity contribution < 1.29 is 9.90 Å². The fraction of sp³-hybridized carbons (Fsp3) is 0.893. The number of carboxylic acids is 1. The van der Waals surface area contributed by atoms with Crippen LogP contribution in [0.5, 0.6) is 0 Å². The maximum Gasteiger partial charge on any atom is 0.303 e. The van der Waals surface area contributed by atoms with Gasteiger partial charge in [-0.2, -0.15) is 4.91 Å². The van der Waals surface area contributed by atoms with Crippen molar-refractivity contribution in [3.63, 3.8) is 0 Å². The van der Waals surface area contributed by atoms with E-state index in [0.29, 0.717) is 6.42 Å². The Morgan fingerprint density at radius 2 is 1.06 bits per heavy atom. The van der Waals surface area contributed by atoms with Gasteiger partial charge in [-0.15, -0.1) is 0 Å². The summed E-state index contributed by atoms with van der Waals surface area (Å²) in [6.07, 6.45) is 31.4. The topological polar surface area (TPSA) is 66.7 Å². The third-order valence-corrected chi connectivity index (χ3v) is 6.38. The first-order chi connectivity index (χ1) is 15.7. The number of hydrogen-bond donors (Lipinski definition) is 1. The van der Waals surface area contributed by atoms with Crippen molar-refractivity contribution in [3.05, 3.63) is 17.1 Å². The summed E-state index contributed by atoms with van der Waals surface area (Å²) in [6, 6.07) is 0.0560. The predicted octanol–water partition coefficient (Wildman–Crippen LogP) is 9.75. The van der Waals surface area contributed by atoms with E-state index in [1.807, 2.05) is 0 Å². The van der Waals surface area contributed by atoms with E-state index < -0.39 is 5.97 Å². The minimum Gasteiger partial charge on any atom is -0.481 e. The van der Waals surface area contributed by atoms with E-state index in [-0.39, 0.29) is 6.04 Å². The van der Waals surface area contributed by atoms with Gasteiger partial charge in [0.25, 0.3) is 0 Å². The van der Waals surface area contributed by atoms with E-state index >= 15 is 0 Å². The Kier molecular flexibility index (Phi) is 25.1. The quantitative estimate of drug-likeness (QED) is 0.0808. The summed E-state index contributed by atoms with van der Waals surface area (Å²) in [6.45, 7) is 2.25. The lowest BCUT2D eigenvalue weighted by Crippen LogP contribution is -2.03. The van der Waals surface area contributed by atoms with Gasteiger partial charge in [0.1, 0.15) is 0 Å². The monoisotopic (exact) mass is 451 g/mol. The Hall–Kier alpha value is -1.19. The Labute approximate surface area is 199 Å². The van der Waals surface area contributed by atoms with Gasteiger partial charge in [0, 0.05) is 6.42 Å². The Morgan fingerprint density at radius 3 is 1.50 bits per heavy atom. The standard InChI is InChI=1S/C28H53NO3/c1-2-3-4-5-15-18-21-24-27(29-32)25-22-19-16-13-11-9-7-6-8-10-12-14-17-20-23-26-28(30)31/h6,8,27H,2-5,7,9-26H2,1H3,(H,30,31)/b8-6-. The lowest BCUT2D eigenvalue weighted by molar-refractivity contribution is -0.137. The first kappa shape index (κ1) is 30.8. The van der Waals surface area contributed by atoms with E-state index in [2.05, 4.69) is 24.3 Å². The number of hydrogen-bond acceptors (Lipinski definition) is 3. The van der Waals surface area contributed by atoms with Crippen LogP contribution in [0, 0.1) is 4.91 Å². The molecule has 0 saturated heterocycles. The van der Waals surface area contributed by atoms with Crippen LogP contribution in [-0.4, -0.2) is 17.1 Å². The van der Waals surface area contributed by atoms with Crippen LogP contribution in [0.1, 0.15) is 155 Å². The largest absolute Gasteiger partial charge is 0.481 e. The third-order valence-electron chi connectivity index (χ3n) is 6.38. The molecule has 0 aromatic rings. The van der Waals surface area contributed by atoms with Gasteiger partial charge in [-0.25, -0.2) is 0 Å². The number of allylic oxidation sites excluding steroid dienone is 2. The molecule has 0 bridgehead atoms. The second-order valence-corrected chi connectivity index (χ2v) is 9.54. The highest BCUT2D eigenvalue weighted by molar-refractivity contribution is 5.66. The zero-order chi connectivity index (χ0) is 23.5. The fourth-order valence-electron chi connectivity index (χ4n) is 4.24. The summed E-state index contributed by atoms with van der Waals surface area (Å²) < 4.78 is 0. The van der Waals surface area contributed by atoms with E-state index in [4.69, 9.17) is 5.11 Å². The van der Waals surface area contributed by atoms with Crippen LogP contribution in [0.4, 0.5) is 0 Å². The lowest BCUT2D eigenvalue weighted by atomic mass is 10.0. The van der Waals surface area contributed by atoms with Gasteiger partial charge in [0.05, 0.1) is 6.04 Å². The SMILES string of the molecule is CCCCCCCCCC(CCCCCCCC/C=C\CCCCCCCC(=O)O)N=O. The summed E-state index contributed by atoms with van der Waals surface area (Å²) in [5.41, 5.74) is 0. The average molecular weight is 452 g/mol. The van der Waals surface area contributed by atoms with Crippen LogP contribution in [0.2, 0.25) is 0 Å². The van der Waals surface area contributed by atoms with Crippen LogP contribution in [-0.2, 0) is 4.79 Å². The number of carbonyl (C=O) groups is 1. The van der Waals surface area contributed by atoms with Gasteiger partial charge in [0.15, 0.2) is 0 Å². The normalized spacial score (nSPS) is 12.4. The van der Waals surface area contributed by atoms with Crippen LogP contribution >= 0.6 is 0 Å². The predicted molar refractivity (Wildman–Crippen MR) is 138 cm³/mol. The molecule has 188 valence electrons. The number of carboxylic acid groups (broad SMARTS) is 1. The zero-order valence-corrected chi connectivity index (χ0v) is 21.2. The summed E-state index contributed by atoms with van der Waals surface area (Å²) in [7, 11) is 0. The molecule has 0 aliphatic carbocycles. The highest BCUT2D eigenvalue weighted by Gasteiger charge is 2.08. The Bertz CT molecular complexity index is 436. The molecule has 1 N–H and O–H groups in total. The molecular weight excluding hydrogens is 398 g/mol. The molecule has 0 aromatic carbocycles. The average Bonchev–Trinajstić information content (AvgIpc) is 2.78. The number of aliphatic carboxylic acids is 1. The van der Waals surface area contributed by atoms with Gasteiger partial charge in [-0.05, 0) is 44.9 Å². The maximum absolute atomic E-state index is 11.0. The van der Waals surface area contributed by atoms with Crippen LogP contribution in [0.3, 0.4) is 0 Å². The van der Waals surface area contributed by atoms with Gasteiger partial charge in [-0.3, -0.25) is 4.79 Å². The number of nitrogens with zero attached hydrogens (tertiary/aromatic N) is 1. The molecule has 4 nitrogen and oxygen atoms in total. The van der Waals surface area contributed by atoms with Crippen molar-refractivity contribution in [1.29, 1.82) is 0 Å². The van der Waals surface area contributed by atoms with Crippen LogP contribution < -0.4 is 0 Å². The number of rotatable bonds is 26. The van der Waals surface area contributed by atoms with Gasteiger partial charge in [0.2, 0.25) is 0 Å². The molecule has 0 fully saturated rings. The van der Waals surface area contributed by atoms with Crippen LogP contribution in [0.25, 0.3) is 0 Å². The molecule has 0 rings (SSSR count). The fourth-order valence-corrected chi connectivity index (χ4v) is 4.24. The maximum atomic E-state index is 11.0. The van der Waals surface area contributed by atoms with Gasteiger partial charge >= 0.3 is 5.97 Å². The van der Waals surface area contributed by atoms with Crippen molar-refractivity contribution in [1.82, 2.24) is 0 Å². The summed E-state index contributed by atoms with van der Waals surface area (Å²) >= 11 is 0. The third kappa shape index (κ3) is 25.1. The molecule has 4 heteroatoms. The molecule has 0 aromatic heterocycles. The van der Waals surface area contributed by atoms with E-state index in [0.717, 1.165) is 44.9 Å². The Balaban J connectivity index is 3.32. The van der Waals surface area contributed by atoms with Crippen molar-refractivity contribution in [3.8, 4) is 0 Å². The van der Waals surface area contributed by atoms with E-state index in [9.17, 15) is 9.70 Å². The smallest absolute Gasteiger partial charge is 0.303 e. The second kappa shape index (κ2) is 26.1. The highest BCUT2D eigenvalue weighted by atomic mass is 16.4. The van der Waals surface area contributed by atoms with Gasteiger partial charge < -0.3 is 5.11 Å². The molecule has 0 aliphatic heterocycles. The molecular formula is C28H53NO3. The van der Waals surface area contributed by atoms with Crippen LogP contribution in [0.15, 0.2) is 17.3 Å². The molecule has 0 aliphatic rings. The minimum absolute atomic E-state index is 0.0560. The first-order valence-corrected chi connectivity index (χ1v) is 13.9. The molecule has 0 spiro atoms. The van der Waals surface area contributed by atoms with Gasteiger partial charge in [-0.1, -0.05) is 121 Å². The summed E-state index contributed by atoms with van der Waals surface area (Å²) in [5.74, 6) is -0.675. The first-order valence-electron chi connectivity index (χ1n) is 13.9. The highest BCUT2D eigenvalue weighted by Crippen LogP contribution is 2.17. The zero-order valence-electron chi connectivity index (χ0n) is 21.2. The molecule has 0 radical (unpaired) electrons. The molecule has 0 saturated carbocycles. The van der Waals surface area contributed by atoms with Crippen molar-refractivity contribution in [2.75, 3.05) is 0 Å². The molecule has 0 heterocycles. The van der Waals surface area contributed by atoms with Crippen molar-refractivity contribution in [2.24, 2.45) is 5.18 Å². The van der Waals surface area contributed by atoms with E-state index in [1.54, 1.807) is 0 Å². The van der Waals surface area contributed by atoms with E-state index in [1.165, 1.54) is 96.3 Å².